The van der Waals surface area contributed by atoms with Gasteiger partial charge in [-0.05, 0) is 30.9 Å². The molecule has 1 aliphatic heterocycles. The van der Waals surface area contributed by atoms with Gasteiger partial charge in [-0.3, -0.25) is 14.5 Å². The molecule has 1 heterocycles. The highest BCUT2D eigenvalue weighted by molar-refractivity contribution is 6.02. The Morgan fingerprint density at radius 1 is 1.26 bits per heavy atom. The summed E-state index contributed by atoms with van der Waals surface area (Å²) in [6, 6.07) is 9.09. The summed E-state index contributed by atoms with van der Waals surface area (Å²) in [7, 11) is 0. The van der Waals surface area contributed by atoms with Crippen molar-refractivity contribution in [3.8, 4) is 11.8 Å². The van der Waals surface area contributed by atoms with Crippen LogP contribution in [-0.2, 0) is 4.79 Å². The summed E-state index contributed by atoms with van der Waals surface area (Å²) in [5.74, 6) is 6.19. The first kappa shape index (κ1) is 15.4. The van der Waals surface area contributed by atoms with E-state index < -0.39 is 0 Å². The summed E-state index contributed by atoms with van der Waals surface area (Å²) in [5.41, 5.74) is 0.957. The van der Waals surface area contributed by atoms with E-state index in [0.717, 1.165) is 12.8 Å². The predicted octanol–water partition coefficient (Wildman–Crippen LogP) is 2.54. The van der Waals surface area contributed by atoms with Crippen LogP contribution < -0.4 is 5.32 Å². The van der Waals surface area contributed by atoms with Crippen LogP contribution in [0.4, 0.5) is 0 Å². The van der Waals surface area contributed by atoms with E-state index in [1.165, 1.54) is 0 Å². The van der Waals surface area contributed by atoms with Gasteiger partial charge in [0.25, 0.3) is 11.8 Å². The molecule has 1 N–H and O–H groups in total. The molecule has 0 aromatic heterocycles. The van der Waals surface area contributed by atoms with Crippen molar-refractivity contribution in [2.75, 3.05) is 0 Å². The molecule has 0 spiro atoms. The summed E-state index contributed by atoms with van der Waals surface area (Å²) in [6.45, 7) is 3.95. The molecule has 3 rings (SSSR count). The van der Waals surface area contributed by atoms with Crippen LogP contribution in [0.25, 0.3) is 0 Å². The number of nitrogens with zero attached hydrogens (tertiary/aromatic N) is 1. The summed E-state index contributed by atoms with van der Waals surface area (Å²) in [6.07, 6.45) is 3.45. The number of rotatable bonds is 2. The minimum atomic E-state index is -0.360. The van der Waals surface area contributed by atoms with Gasteiger partial charge in [0.1, 0.15) is 11.7 Å². The third-order valence-electron chi connectivity index (χ3n) is 3.97. The Labute approximate surface area is 136 Å². The molecule has 1 saturated carbocycles. The lowest BCUT2D eigenvalue weighted by molar-refractivity contribution is -0.119. The Hall–Kier alpha value is -2.54. The van der Waals surface area contributed by atoms with Crippen LogP contribution >= 0.6 is 0 Å². The van der Waals surface area contributed by atoms with E-state index in [1.54, 1.807) is 23.2 Å². The topological polar surface area (TPSA) is 49.4 Å². The minimum Gasteiger partial charge on any atom is -0.331 e. The maximum atomic E-state index is 12.8. The molecule has 1 atom stereocenters. The summed E-state index contributed by atoms with van der Waals surface area (Å²) < 4.78 is 0. The van der Waals surface area contributed by atoms with Gasteiger partial charge in [0, 0.05) is 17.7 Å². The molecule has 2 amide bonds. The quantitative estimate of drug-likeness (QED) is 0.854. The number of carbonyl (C=O) groups is 2. The maximum Gasteiger partial charge on any atom is 0.262 e. The van der Waals surface area contributed by atoms with E-state index in [4.69, 9.17) is 0 Å². The van der Waals surface area contributed by atoms with Gasteiger partial charge in [-0.2, -0.15) is 0 Å². The van der Waals surface area contributed by atoms with Crippen molar-refractivity contribution in [3.63, 3.8) is 0 Å². The van der Waals surface area contributed by atoms with Crippen molar-refractivity contribution in [2.45, 2.75) is 32.9 Å². The third-order valence-corrected chi connectivity index (χ3v) is 3.97. The monoisotopic (exact) mass is 308 g/mol. The van der Waals surface area contributed by atoms with Gasteiger partial charge in [-0.1, -0.05) is 43.9 Å². The average molecular weight is 308 g/mol. The van der Waals surface area contributed by atoms with E-state index >= 15 is 0 Å². The highest BCUT2D eigenvalue weighted by atomic mass is 16.2. The molecule has 1 fully saturated rings. The zero-order chi connectivity index (χ0) is 16.4. The molecule has 4 nitrogen and oxygen atoms in total. The van der Waals surface area contributed by atoms with Gasteiger partial charge in [0.05, 0.1) is 0 Å². The number of carbonyl (C=O) groups excluding carboxylic acids is 2. The van der Waals surface area contributed by atoms with Crippen LogP contribution in [0.15, 0.2) is 42.1 Å². The number of benzene rings is 1. The molecule has 118 valence electrons. The van der Waals surface area contributed by atoms with Gasteiger partial charge in [-0.15, -0.1) is 0 Å². The molecule has 1 aromatic rings. The lowest BCUT2D eigenvalue weighted by Crippen LogP contribution is -2.54. The Kier molecular flexibility index (Phi) is 4.20. The van der Waals surface area contributed by atoms with Gasteiger partial charge in [-0.25, -0.2) is 0 Å². The standard InChI is InChI=1S/C19H20N2O2/c1-13(2)17-20-18(22)16(11-10-14-8-9-14)12-21(17)19(23)15-6-4-3-5-7-15/h3-7,12-14,17H,8-9H2,1-2H3,(H,20,22)/t17-/m0/s1. The number of amides is 2. The lowest BCUT2D eigenvalue weighted by Gasteiger charge is -2.35. The fourth-order valence-corrected chi connectivity index (χ4v) is 2.46. The first-order chi connectivity index (χ1) is 11.1. The molecule has 4 heteroatoms. The first-order valence-corrected chi connectivity index (χ1v) is 7.98. The molecule has 0 bridgehead atoms. The van der Waals surface area contributed by atoms with E-state index in [9.17, 15) is 9.59 Å². The fraction of sp³-hybridized carbons (Fsp3) is 0.368. The molecule has 1 aliphatic carbocycles. The maximum absolute atomic E-state index is 12.8. The van der Waals surface area contributed by atoms with Crippen molar-refractivity contribution >= 4 is 11.8 Å². The van der Waals surface area contributed by atoms with Crippen molar-refractivity contribution in [3.05, 3.63) is 47.7 Å². The van der Waals surface area contributed by atoms with E-state index in [2.05, 4.69) is 17.2 Å². The summed E-state index contributed by atoms with van der Waals surface area (Å²) in [5, 5.41) is 2.91. The first-order valence-electron chi connectivity index (χ1n) is 7.98. The Bertz CT molecular complexity index is 706. The molecular weight excluding hydrogens is 288 g/mol. The molecule has 1 aromatic carbocycles. The van der Waals surface area contributed by atoms with E-state index in [1.807, 2.05) is 32.0 Å². The number of hydrogen-bond donors (Lipinski definition) is 1. The Balaban J connectivity index is 1.93. The second-order valence-electron chi connectivity index (χ2n) is 6.33. The molecule has 2 aliphatic rings. The smallest absolute Gasteiger partial charge is 0.262 e. The minimum absolute atomic E-state index is 0.0980. The van der Waals surface area contributed by atoms with Gasteiger partial charge < -0.3 is 5.32 Å². The molecule has 0 saturated heterocycles. The molecular formula is C19H20N2O2. The molecule has 0 unspecified atom stereocenters. The van der Waals surface area contributed by atoms with Crippen molar-refractivity contribution in [1.29, 1.82) is 0 Å². The van der Waals surface area contributed by atoms with E-state index in [-0.39, 0.29) is 23.9 Å². The van der Waals surface area contributed by atoms with Gasteiger partial charge >= 0.3 is 0 Å². The van der Waals surface area contributed by atoms with Crippen LogP contribution in [0.5, 0.6) is 0 Å². The lowest BCUT2D eigenvalue weighted by atomic mass is 10.0. The van der Waals surface area contributed by atoms with Gasteiger partial charge in [0.15, 0.2) is 0 Å². The average Bonchev–Trinajstić information content (AvgIpc) is 3.38. The SMILES string of the molecule is CC(C)[C@H]1NC(=O)C(C#CC2CC2)=CN1C(=O)c1ccccc1. The third kappa shape index (κ3) is 3.45. The van der Waals surface area contributed by atoms with Crippen LogP contribution in [-0.4, -0.2) is 22.9 Å². The van der Waals surface area contributed by atoms with Crippen molar-refractivity contribution < 1.29 is 9.59 Å². The normalized spacial score (nSPS) is 20.5. The number of nitrogens with one attached hydrogen (secondary N) is 1. The Morgan fingerprint density at radius 2 is 1.96 bits per heavy atom. The van der Waals surface area contributed by atoms with Crippen LogP contribution in [0.3, 0.4) is 0 Å². The van der Waals surface area contributed by atoms with Crippen LogP contribution in [0.2, 0.25) is 0 Å². The summed E-state index contributed by atoms with van der Waals surface area (Å²) in [4.78, 5) is 26.6. The highest BCUT2D eigenvalue weighted by Gasteiger charge is 2.32. The van der Waals surface area contributed by atoms with E-state index in [0.29, 0.717) is 17.1 Å². The number of hydrogen-bond acceptors (Lipinski definition) is 2. The fourth-order valence-electron chi connectivity index (χ4n) is 2.46. The highest BCUT2D eigenvalue weighted by Crippen LogP contribution is 2.28. The van der Waals surface area contributed by atoms with Crippen molar-refractivity contribution in [2.24, 2.45) is 11.8 Å². The van der Waals surface area contributed by atoms with Crippen LogP contribution in [0.1, 0.15) is 37.0 Å². The van der Waals surface area contributed by atoms with Crippen LogP contribution in [0, 0.1) is 23.7 Å². The molecule has 23 heavy (non-hydrogen) atoms. The second kappa shape index (κ2) is 6.29. The second-order valence-corrected chi connectivity index (χ2v) is 6.33. The summed E-state index contributed by atoms with van der Waals surface area (Å²) >= 11 is 0. The Morgan fingerprint density at radius 3 is 2.57 bits per heavy atom. The molecule has 0 radical (unpaired) electrons. The zero-order valence-electron chi connectivity index (χ0n) is 13.4. The zero-order valence-corrected chi connectivity index (χ0v) is 13.4. The largest absolute Gasteiger partial charge is 0.331 e. The predicted molar refractivity (Wildman–Crippen MR) is 88.0 cm³/mol. The van der Waals surface area contributed by atoms with Gasteiger partial charge in [0.2, 0.25) is 0 Å². The van der Waals surface area contributed by atoms with Crippen molar-refractivity contribution in [1.82, 2.24) is 10.2 Å².